The van der Waals surface area contributed by atoms with Crippen LogP contribution in [0, 0.1) is 46.3 Å². The van der Waals surface area contributed by atoms with Gasteiger partial charge in [-0.2, -0.15) is 0 Å². The van der Waals surface area contributed by atoms with Gasteiger partial charge < -0.3 is 0 Å². The van der Waals surface area contributed by atoms with Crippen LogP contribution in [0.2, 0.25) is 0 Å². The van der Waals surface area contributed by atoms with E-state index in [2.05, 4.69) is 40.7 Å². The summed E-state index contributed by atoms with van der Waals surface area (Å²) >= 11 is 0. The van der Waals surface area contributed by atoms with E-state index in [0.29, 0.717) is 10.8 Å². The fourth-order valence-corrected chi connectivity index (χ4v) is 8.97. The topological polar surface area (TPSA) is 0 Å². The van der Waals surface area contributed by atoms with E-state index in [9.17, 15) is 0 Å². The van der Waals surface area contributed by atoms with E-state index < -0.39 is 0 Å². The summed E-state index contributed by atoms with van der Waals surface area (Å²) in [4.78, 5) is 0. The van der Waals surface area contributed by atoms with Gasteiger partial charge >= 0.3 is 0 Å². The average molecular weight is 371 g/mol. The molecule has 4 unspecified atom stereocenters. The SMILES string of the molecule is C/C=C(\C)C1CC[C@H]2C3CCC4C[C@@](C)(CCCC)CCC4[C@H]3CC[C@]12C. The van der Waals surface area contributed by atoms with Crippen molar-refractivity contribution in [2.45, 2.75) is 112 Å². The van der Waals surface area contributed by atoms with E-state index >= 15 is 0 Å². The van der Waals surface area contributed by atoms with Gasteiger partial charge in [-0.3, -0.25) is 0 Å². The van der Waals surface area contributed by atoms with Gasteiger partial charge in [0.1, 0.15) is 0 Å². The van der Waals surface area contributed by atoms with Crippen LogP contribution < -0.4 is 0 Å². The minimum Gasteiger partial charge on any atom is -0.0884 e. The molecule has 0 aromatic rings. The monoisotopic (exact) mass is 370 g/mol. The van der Waals surface area contributed by atoms with E-state index in [4.69, 9.17) is 0 Å². The zero-order valence-electron chi connectivity index (χ0n) is 19.0. The minimum atomic E-state index is 0.620. The molecule has 4 rings (SSSR count). The Bertz CT molecular complexity index is 558. The quantitative estimate of drug-likeness (QED) is 0.436. The molecule has 0 aliphatic heterocycles. The van der Waals surface area contributed by atoms with Gasteiger partial charge in [-0.15, -0.1) is 0 Å². The van der Waals surface area contributed by atoms with Crippen molar-refractivity contribution < 1.29 is 0 Å². The predicted molar refractivity (Wildman–Crippen MR) is 118 cm³/mol. The summed E-state index contributed by atoms with van der Waals surface area (Å²) in [5.41, 5.74) is 2.99. The fourth-order valence-electron chi connectivity index (χ4n) is 8.97. The number of allylic oxidation sites excluding steroid dienone is 2. The van der Waals surface area contributed by atoms with Gasteiger partial charge in [-0.1, -0.05) is 45.3 Å². The van der Waals surface area contributed by atoms with Crippen LogP contribution in [-0.4, -0.2) is 0 Å². The number of fused-ring (bicyclic) bond motifs is 5. The standard InChI is InChI=1S/C27H46/c1-6-8-15-26(4)16-13-21-20(18-26)9-10-23-22(21)14-17-27(5)24(19(3)7-2)11-12-25(23)27/h7,20-25H,6,8-18H2,1-5H3/b19-7+/t20?,21?,22-,23?,24?,25+,26+,27-/m1/s1. The third-order valence-electron chi connectivity index (χ3n) is 10.5. The molecule has 0 amide bonds. The van der Waals surface area contributed by atoms with E-state index in [1.54, 1.807) is 37.7 Å². The number of unbranched alkanes of at least 4 members (excludes halogenated alkanes) is 1. The average Bonchev–Trinajstić information content (AvgIpc) is 3.02. The van der Waals surface area contributed by atoms with Crippen LogP contribution in [0.3, 0.4) is 0 Å². The number of hydrogen-bond acceptors (Lipinski definition) is 0. The summed E-state index contributed by atoms with van der Waals surface area (Å²) in [6.45, 7) is 12.4. The summed E-state index contributed by atoms with van der Waals surface area (Å²) in [5, 5.41) is 0. The van der Waals surface area contributed by atoms with Gasteiger partial charge in [0.25, 0.3) is 0 Å². The summed E-state index contributed by atoms with van der Waals surface area (Å²) in [5.74, 6) is 6.23. The number of rotatable bonds is 4. The van der Waals surface area contributed by atoms with Crippen molar-refractivity contribution in [3.05, 3.63) is 11.6 Å². The lowest BCUT2D eigenvalue weighted by molar-refractivity contribution is -0.0760. The van der Waals surface area contributed by atoms with Crippen LogP contribution in [0.25, 0.3) is 0 Å². The van der Waals surface area contributed by atoms with Gasteiger partial charge in [0.05, 0.1) is 0 Å². The Kier molecular flexibility index (Phi) is 5.59. The highest BCUT2D eigenvalue weighted by Crippen LogP contribution is 2.66. The Labute approximate surface area is 170 Å². The molecule has 4 saturated carbocycles. The maximum absolute atomic E-state index is 2.69. The lowest BCUT2D eigenvalue weighted by atomic mass is 9.48. The van der Waals surface area contributed by atoms with Gasteiger partial charge in [-0.05, 0) is 124 Å². The van der Waals surface area contributed by atoms with Crippen molar-refractivity contribution in [1.29, 1.82) is 0 Å². The molecule has 0 bridgehead atoms. The van der Waals surface area contributed by atoms with E-state index in [-0.39, 0.29) is 0 Å². The first-order valence-electron chi connectivity index (χ1n) is 12.5. The molecule has 0 saturated heterocycles. The second kappa shape index (κ2) is 7.53. The lowest BCUT2D eigenvalue weighted by Gasteiger charge is -2.57. The highest BCUT2D eigenvalue weighted by atomic mass is 14.6. The second-order valence-corrected chi connectivity index (χ2v) is 11.8. The molecule has 154 valence electrons. The van der Waals surface area contributed by atoms with Gasteiger partial charge in [0, 0.05) is 0 Å². The van der Waals surface area contributed by atoms with Crippen LogP contribution in [0.4, 0.5) is 0 Å². The Balaban J connectivity index is 1.48. The first-order chi connectivity index (χ1) is 12.9. The van der Waals surface area contributed by atoms with Crippen molar-refractivity contribution in [3.8, 4) is 0 Å². The molecule has 0 radical (unpaired) electrons. The smallest absolute Gasteiger partial charge is 0.0149 e. The van der Waals surface area contributed by atoms with Crippen molar-refractivity contribution >= 4 is 0 Å². The van der Waals surface area contributed by atoms with Crippen LogP contribution in [0.5, 0.6) is 0 Å². The molecule has 4 fully saturated rings. The molecule has 0 heterocycles. The van der Waals surface area contributed by atoms with Crippen LogP contribution >= 0.6 is 0 Å². The fraction of sp³-hybridized carbons (Fsp3) is 0.926. The van der Waals surface area contributed by atoms with Crippen LogP contribution in [-0.2, 0) is 0 Å². The highest BCUT2D eigenvalue weighted by Gasteiger charge is 2.57. The molecule has 0 heteroatoms. The third kappa shape index (κ3) is 3.36. The Morgan fingerprint density at radius 3 is 2.44 bits per heavy atom. The summed E-state index contributed by atoms with van der Waals surface area (Å²) in [6.07, 6.45) is 20.6. The van der Waals surface area contributed by atoms with Crippen molar-refractivity contribution in [1.82, 2.24) is 0 Å². The Morgan fingerprint density at radius 1 is 0.926 bits per heavy atom. The molecule has 27 heavy (non-hydrogen) atoms. The molecule has 0 nitrogen and oxygen atoms in total. The Hall–Kier alpha value is -0.260. The first-order valence-corrected chi connectivity index (χ1v) is 12.5. The predicted octanol–water partition coefficient (Wildman–Crippen LogP) is 8.42. The van der Waals surface area contributed by atoms with Gasteiger partial charge in [0.15, 0.2) is 0 Å². The molecule has 0 N–H and O–H groups in total. The molecule has 8 atom stereocenters. The molecule has 4 aliphatic rings. The summed E-state index contributed by atoms with van der Waals surface area (Å²) < 4.78 is 0. The van der Waals surface area contributed by atoms with E-state index in [0.717, 1.165) is 35.5 Å². The molecular formula is C27H46. The van der Waals surface area contributed by atoms with Crippen molar-refractivity contribution in [2.75, 3.05) is 0 Å². The normalized spacial score (nSPS) is 50.0. The van der Waals surface area contributed by atoms with Crippen molar-refractivity contribution in [3.63, 3.8) is 0 Å². The van der Waals surface area contributed by atoms with E-state index in [1.807, 2.05) is 0 Å². The van der Waals surface area contributed by atoms with Crippen LogP contribution in [0.1, 0.15) is 112 Å². The van der Waals surface area contributed by atoms with Gasteiger partial charge in [-0.25, -0.2) is 0 Å². The largest absolute Gasteiger partial charge is 0.0884 e. The van der Waals surface area contributed by atoms with E-state index in [1.165, 1.54) is 44.9 Å². The lowest BCUT2D eigenvalue weighted by Crippen LogP contribution is -2.49. The molecule has 0 aromatic carbocycles. The molecule has 4 aliphatic carbocycles. The Morgan fingerprint density at radius 2 is 1.70 bits per heavy atom. The second-order valence-electron chi connectivity index (χ2n) is 11.8. The highest BCUT2D eigenvalue weighted by molar-refractivity contribution is 5.15. The summed E-state index contributed by atoms with van der Waals surface area (Å²) in [6, 6.07) is 0. The molecular weight excluding hydrogens is 324 g/mol. The zero-order chi connectivity index (χ0) is 19.2. The first kappa shape index (κ1) is 20.0. The minimum absolute atomic E-state index is 0.620. The van der Waals surface area contributed by atoms with Crippen molar-refractivity contribution in [2.24, 2.45) is 46.3 Å². The summed E-state index contributed by atoms with van der Waals surface area (Å²) in [7, 11) is 0. The maximum atomic E-state index is 2.69. The maximum Gasteiger partial charge on any atom is -0.0149 e. The number of hydrogen-bond donors (Lipinski definition) is 0. The van der Waals surface area contributed by atoms with Gasteiger partial charge in [0.2, 0.25) is 0 Å². The molecule has 0 spiro atoms. The molecule has 0 aromatic heterocycles. The zero-order valence-corrected chi connectivity index (χ0v) is 19.0. The van der Waals surface area contributed by atoms with Crippen LogP contribution in [0.15, 0.2) is 11.6 Å². The third-order valence-corrected chi connectivity index (χ3v) is 10.5.